The number of H-pyrrole nitrogens is 1. The molecule has 3 aromatic carbocycles. The van der Waals surface area contributed by atoms with E-state index in [1.54, 1.807) is 0 Å². The molecule has 148 valence electrons. The number of rotatable bonds is 4. The molecule has 0 unspecified atom stereocenters. The molecule has 4 heteroatoms. The number of aromatic nitrogens is 2. The second-order valence-electron chi connectivity index (χ2n) is 7.93. The van der Waals surface area contributed by atoms with Gasteiger partial charge in [-0.15, -0.1) is 11.3 Å². The second-order valence-corrected chi connectivity index (χ2v) is 8.79. The number of hydrogen-bond donors (Lipinski definition) is 1. The summed E-state index contributed by atoms with van der Waals surface area (Å²) in [6, 6.07) is 23.0. The van der Waals surface area contributed by atoms with Crippen molar-refractivity contribution < 1.29 is 0 Å². The minimum atomic E-state index is -0.0700. The number of fused-ring (bicyclic) bond motifs is 2. The molecule has 2 heterocycles. The number of nitrogens with one attached hydrogen (secondary N) is 1. The van der Waals surface area contributed by atoms with Crippen molar-refractivity contribution in [1.29, 1.82) is 0 Å². The van der Waals surface area contributed by atoms with Crippen molar-refractivity contribution >= 4 is 32.3 Å². The van der Waals surface area contributed by atoms with Gasteiger partial charge in [0.05, 0.1) is 5.39 Å². The van der Waals surface area contributed by atoms with Crippen molar-refractivity contribution in [3.8, 4) is 11.1 Å². The Morgan fingerprint density at radius 1 is 0.967 bits per heavy atom. The average molecular weight is 411 g/mol. The highest BCUT2D eigenvalue weighted by Gasteiger charge is 2.14. The molecule has 0 aliphatic heterocycles. The van der Waals surface area contributed by atoms with Crippen LogP contribution in [0.4, 0.5) is 0 Å². The third kappa shape index (κ3) is 3.33. The minimum absolute atomic E-state index is 0.0700. The minimum Gasteiger partial charge on any atom is -0.310 e. The van der Waals surface area contributed by atoms with Gasteiger partial charge in [0.1, 0.15) is 10.7 Å². The van der Waals surface area contributed by atoms with Crippen molar-refractivity contribution in [2.75, 3.05) is 0 Å². The first-order chi connectivity index (χ1) is 14.6. The molecule has 0 saturated heterocycles. The Morgan fingerprint density at radius 2 is 1.73 bits per heavy atom. The number of benzene rings is 3. The van der Waals surface area contributed by atoms with Gasteiger partial charge >= 0.3 is 0 Å². The van der Waals surface area contributed by atoms with Gasteiger partial charge in [0.2, 0.25) is 0 Å². The number of hydrogen-bond acceptors (Lipinski definition) is 3. The predicted molar refractivity (Wildman–Crippen MR) is 127 cm³/mol. The van der Waals surface area contributed by atoms with Gasteiger partial charge in [0, 0.05) is 17.4 Å². The Kier molecular flexibility index (Phi) is 4.72. The van der Waals surface area contributed by atoms with Crippen LogP contribution < -0.4 is 5.56 Å². The lowest BCUT2D eigenvalue weighted by Crippen LogP contribution is -2.11. The van der Waals surface area contributed by atoms with Gasteiger partial charge in [-0.2, -0.15) is 0 Å². The SMILES string of the molecule is CC(C)c1ccc(-c2csc3nc(Cc4cccc5ccccc45)[nH]c(=O)c23)cc1. The van der Waals surface area contributed by atoms with Gasteiger partial charge in [-0.1, -0.05) is 80.6 Å². The molecule has 0 spiro atoms. The van der Waals surface area contributed by atoms with Crippen LogP contribution in [0.25, 0.3) is 32.1 Å². The Balaban J connectivity index is 1.55. The normalized spacial score (nSPS) is 11.6. The molecule has 30 heavy (non-hydrogen) atoms. The first-order valence-corrected chi connectivity index (χ1v) is 11.1. The lowest BCUT2D eigenvalue weighted by molar-refractivity contribution is 0.867. The van der Waals surface area contributed by atoms with Crippen LogP contribution in [-0.2, 0) is 6.42 Å². The number of nitrogens with zero attached hydrogens (tertiary/aromatic N) is 1. The summed E-state index contributed by atoms with van der Waals surface area (Å²) in [6.45, 7) is 4.36. The van der Waals surface area contributed by atoms with Crippen LogP contribution in [0.5, 0.6) is 0 Å². The van der Waals surface area contributed by atoms with Crippen LogP contribution in [0.1, 0.15) is 36.7 Å². The van der Waals surface area contributed by atoms with E-state index < -0.39 is 0 Å². The quantitative estimate of drug-likeness (QED) is 0.367. The van der Waals surface area contributed by atoms with Gasteiger partial charge in [-0.25, -0.2) is 4.98 Å². The molecule has 0 aliphatic rings. The van der Waals surface area contributed by atoms with E-state index in [1.165, 1.54) is 27.7 Å². The van der Waals surface area contributed by atoms with Gasteiger partial charge < -0.3 is 4.98 Å². The molecule has 5 rings (SSSR count). The third-order valence-electron chi connectivity index (χ3n) is 5.62. The molecule has 0 atom stereocenters. The van der Waals surface area contributed by atoms with Gasteiger partial charge in [0.15, 0.2) is 0 Å². The highest BCUT2D eigenvalue weighted by Crippen LogP contribution is 2.32. The molecular weight excluding hydrogens is 388 g/mol. The van der Waals surface area contributed by atoms with Crippen LogP contribution in [0.2, 0.25) is 0 Å². The molecule has 0 saturated carbocycles. The Bertz CT molecular complexity index is 1410. The van der Waals surface area contributed by atoms with Crippen molar-refractivity contribution in [3.63, 3.8) is 0 Å². The molecule has 1 N–H and O–H groups in total. The Hall–Kier alpha value is -3.24. The van der Waals surface area contributed by atoms with E-state index in [-0.39, 0.29) is 5.56 Å². The fourth-order valence-electron chi connectivity index (χ4n) is 3.96. The lowest BCUT2D eigenvalue weighted by atomic mass is 9.99. The maximum atomic E-state index is 13.0. The van der Waals surface area contributed by atoms with Gasteiger partial charge in [-0.3, -0.25) is 4.79 Å². The first kappa shape index (κ1) is 18.8. The van der Waals surface area contributed by atoms with E-state index in [0.29, 0.717) is 23.5 Å². The van der Waals surface area contributed by atoms with Crippen LogP contribution in [0.15, 0.2) is 76.9 Å². The maximum Gasteiger partial charge on any atom is 0.260 e. The summed E-state index contributed by atoms with van der Waals surface area (Å²) >= 11 is 1.53. The van der Waals surface area contributed by atoms with E-state index in [0.717, 1.165) is 21.5 Å². The summed E-state index contributed by atoms with van der Waals surface area (Å²) in [5.41, 5.74) is 4.40. The van der Waals surface area contributed by atoms with Crippen LogP contribution >= 0.6 is 11.3 Å². The topological polar surface area (TPSA) is 45.8 Å². The van der Waals surface area contributed by atoms with Crippen molar-refractivity contribution in [2.24, 2.45) is 0 Å². The predicted octanol–water partition coefficient (Wildman–Crippen LogP) is 6.52. The van der Waals surface area contributed by atoms with E-state index >= 15 is 0 Å². The molecular formula is C26H22N2OS. The highest BCUT2D eigenvalue weighted by molar-refractivity contribution is 7.17. The first-order valence-electron chi connectivity index (χ1n) is 10.2. The monoisotopic (exact) mass is 410 g/mol. The van der Waals surface area contributed by atoms with Crippen LogP contribution in [0.3, 0.4) is 0 Å². The molecule has 0 fully saturated rings. The largest absolute Gasteiger partial charge is 0.310 e. The molecule has 0 aliphatic carbocycles. The molecule has 5 aromatic rings. The zero-order valence-electron chi connectivity index (χ0n) is 17.0. The van der Waals surface area contributed by atoms with E-state index in [2.05, 4.69) is 73.4 Å². The fraction of sp³-hybridized carbons (Fsp3) is 0.154. The summed E-state index contributed by atoms with van der Waals surface area (Å²) in [4.78, 5) is 21.6. The zero-order chi connectivity index (χ0) is 20.7. The summed E-state index contributed by atoms with van der Waals surface area (Å²) in [5.74, 6) is 1.19. The smallest absolute Gasteiger partial charge is 0.260 e. The lowest BCUT2D eigenvalue weighted by Gasteiger charge is -2.07. The molecule has 2 aromatic heterocycles. The van der Waals surface area contributed by atoms with E-state index in [1.807, 2.05) is 17.5 Å². The summed E-state index contributed by atoms with van der Waals surface area (Å²) in [6.07, 6.45) is 0.600. The molecule has 0 bridgehead atoms. The summed E-state index contributed by atoms with van der Waals surface area (Å²) in [5, 5.41) is 5.11. The third-order valence-corrected chi connectivity index (χ3v) is 6.49. The van der Waals surface area contributed by atoms with Crippen molar-refractivity contribution in [2.45, 2.75) is 26.2 Å². The zero-order valence-corrected chi connectivity index (χ0v) is 17.8. The Morgan fingerprint density at radius 3 is 2.53 bits per heavy atom. The van der Waals surface area contributed by atoms with E-state index in [9.17, 15) is 4.79 Å². The standard InChI is InChI=1S/C26H22N2OS/c1-16(2)17-10-12-19(13-11-17)22-15-30-26-24(22)25(29)27-23(28-26)14-20-8-5-7-18-6-3-4-9-21(18)20/h3-13,15-16H,14H2,1-2H3,(H,27,28,29). The summed E-state index contributed by atoms with van der Waals surface area (Å²) < 4.78 is 0. The maximum absolute atomic E-state index is 13.0. The van der Waals surface area contributed by atoms with Crippen LogP contribution in [-0.4, -0.2) is 9.97 Å². The van der Waals surface area contributed by atoms with E-state index in [4.69, 9.17) is 4.98 Å². The summed E-state index contributed by atoms with van der Waals surface area (Å²) in [7, 11) is 0. The number of aromatic amines is 1. The highest BCUT2D eigenvalue weighted by atomic mass is 32.1. The molecule has 0 amide bonds. The van der Waals surface area contributed by atoms with Crippen LogP contribution in [0, 0.1) is 0 Å². The average Bonchev–Trinajstić information content (AvgIpc) is 3.19. The second kappa shape index (κ2) is 7.54. The molecule has 3 nitrogen and oxygen atoms in total. The number of thiophene rings is 1. The Labute approximate surface area is 179 Å². The van der Waals surface area contributed by atoms with Gasteiger partial charge in [0.25, 0.3) is 5.56 Å². The fourth-order valence-corrected chi connectivity index (χ4v) is 4.93. The van der Waals surface area contributed by atoms with Crippen molar-refractivity contribution in [1.82, 2.24) is 9.97 Å². The molecule has 0 radical (unpaired) electrons. The van der Waals surface area contributed by atoms with Crippen molar-refractivity contribution in [3.05, 3.63) is 99.4 Å². The van der Waals surface area contributed by atoms with Gasteiger partial charge in [-0.05, 0) is 33.4 Å².